The van der Waals surface area contributed by atoms with Crippen molar-refractivity contribution in [2.75, 3.05) is 25.5 Å². The van der Waals surface area contributed by atoms with E-state index in [4.69, 9.17) is 16.3 Å². The Morgan fingerprint density at radius 3 is 2.67 bits per heavy atom. The summed E-state index contributed by atoms with van der Waals surface area (Å²) in [6, 6.07) is 6.03. The van der Waals surface area contributed by atoms with Crippen molar-refractivity contribution in [1.82, 2.24) is 29.9 Å². The summed E-state index contributed by atoms with van der Waals surface area (Å²) in [5.41, 5.74) is 0.791. The molecule has 42 heavy (non-hydrogen) atoms. The van der Waals surface area contributed by atoms with Crippen molar-refractivity contribution in [2.24, 2.45) is 0 Å². The van der Waals surface area contributed by atoms with Gasteiger partial charge in [-0.1, -0.05) is 18.5 Å². The number of halogens is 4. The van der Waals surface area contributed by atoms with E-state index in [2.05, 4.69) is 25.8 Å². The van der Waals surface area contributed by atoms with Crippen molar-refractivity contribution in [3.05, 3.63) is 68.6 Å². The number of nitrogens with zero attached hydrogens (tertiary/aromatic N) is 5. The maximum absolute atomic E-state index is 14.1. The normalized spacial score (nSPS) is 17.9. The number of anilines is 1. The fraction of sp³-hybridized carbons (Fsp3) is 0.393. The first-order valence-corrected chi connectivity index (χ1v) is 13.8. The predicted molar refractivity (Wildman–Crippen MR) is 149 cm³/mol. The molecule has 1 saturated heterocycles. The van der Waals surface area contributed by atoms with Gasteiger partial charge >= 0.3 is 6.18 Å². The van der Waals surface area contributed by atoms with Crippen molar-refractivity contribution in [2.45, 2.75) is 50.2 Å². The van der Waals surface area contributed by atoms with E-state index in [1.54, 1.807) is 16.7 Å². The van der Waals surface area contributed by atoms with Gasteiger partial charge in [-0.2, -0.15) is 13.2 Å². The van der Waals surface area contributed by atoms with E-state index in [1.807, 2.05) is 6.92 Å². The fourth-order valence-electron chi connectivity index (χ4n) is 6.32. The van der Waals surface area contributed by atoms with Gasteiger partial charge in [-0.05, 0) is 62.5 Å². The molecule has 1 fully saturated rings. The number of nitrogens with one attached hydrogen (secondary N) is 2. The largest absolute Gasteiger partial charge is 0.481 e. The standard InChI is InChI=1S/C28H27ClF3N7O3/c1-15-13-27(6-9-33-10-7-27)22-24(15)38(14-20(40)35-19-4-3-16(11-18(19)29)28(30,31)32)26-23(25(22)41)36-39(37-26)17-5-8-34-21(12-17)42-2/h3-5,8,11-12,15,33H,6-7,9-10,13-14H2,1-2H3,(H,35,40). The third-order valence-electron chi connectivity index (χ3n) is 8.13. The van der Waals surface area contributed by atoms with E-state index in [0.29, 0.717) is 17.1 Å². The number of fused-ring (bicyclic) bond motifs is 3. The van der Waals surface area contributed by atoms with Gasteiger partial charge in [-0.3, -0.25) is 9.59 Å². The van der Waals surface area contributed by atoms with Crippen LogP contribution < -0.4 is 20.8 Å². The molecule has 0 saturated carbocycles. The average Bonchev–Trinajstić information content (AvgIpc) is 3.52. The number of benzene rings is 1. The number of pyridine rings is 2. The molecule has 3 aromatic heterocycles. The summed E-state index contributed by atoms with van der Waals surface area (Å²) in [6.07, 6.45) is -0.747. The highest BCUT2D eigenvalue weighted by atomic mass is 35.5. The molecule has 0 bridgehead atoms. The van der Waals surface area contributed by atoms with Crippen molar-refractivity contribution in [3.8, 4) is 11.6 Å². The van der Waals surface area contributed by atoms with Crippen LogP contribution in [0.5, 0.6) is 5.88 Å². The van der Waals surface area contributed by atoms with Crippen LogP contribution in [0.2, 0.25) is 5.02 Å². The van der Waals surface area contributed by atoms with Gasteiger partial charge in [0.05, 0.1) is 29.1 Å². The molecular formula is C28H27ClF3N7O3. The number of methoxy groups -OCH3 is 1. The summed E-state index contributed by atoms with van der Waals surface area (Å²) in [5, 5.41) is 14.9. The molecule has 10 nitrogen and oxygen atoms in total. The molecule has 1 spiro atoms. The first-order valence-electron chi connectivity index (χ1n) is 13.4. The lowest BCUT2D eigenvalue weighted by atomic mass is 9.74. The minimum Gasteiger partial charge on any atom is -0.481 e. The van der Waals surface area contributed by atoms with E-state index < -0.39 is 17.6 Å². The van der Waals surface area contributed by atoms with Gasteiger partial charge in [-0.15, -0.1) is 15.0 Å². The van der Waals surface area contributed by atoms with E-state index in [-0.39, 0.29) is 45.2 Å². The topological polar surface area (TPSA) is 116 Å². The average molecular weight is 602 g/mol. The van der Waals surface area contributed by atoms with Crippen LogP contribution in [0.1, 0.15) is 48.9 Å². The van der Waals surface area contributed by atoms with E-state index in [0.717, 1.165) is 56.2 Å². The van der Waals surface area contributed by atoms with E-state index in [9.17, 15) is 22.8 Å². The fourth-order valence-corrected chi connectivity index (χ4v) is 6.55. The molecule has 1 aliphatic heterocycles. The van der Waals surface area contributed by atoms with E-state index in [1.165, 1.54) is 18.1 Å². The Morgan fingerprint density at radius 2 is 1.98 bits per heavy atom. The quantitative estimate of drug-likeness (QED) is 0.348. The van der Waals surface area contributed by atoms with Gasteiger partial charge in [0.1, 0.15) is 6.54 Å². The zero-order valence-electron chi connectivity index (χ0n) is 22.8. The Morgan fingerprint density at radius 1 is 1.21 bits per heavy atom. The van der Waals surface area contributed by atoms with Crippen LogP contribution in [0, 0.1) is 0 Å². The van der Waals surface area contributed by atoms with Crippen LogP contribution in [-0.4, -0.2) is 50.7 Å². The third kappa shape index (κ3) is 4.79. The number of hydrogen-bond acceptors (Lipinski definition) is 7. The minimum atomic E-state index is -4.57. The summed E-state index contributed by atoms with van der Waals surface area (Å²) >= 11 is 6.10. The third-order valence-corrected chi connectivity index (χ3v) is 8.44. The second kappa shape index (κ2) is 10.4. The number of amides is 1. The molecule has 0 radical (unpaired) electrons. The van der Waals surface area contributed by atoms with Gasteiger partial charge in [0.25, 0.3) is 0 Å². The lowest BCUT2D eigenvalue weighted by Gasteiger charge is -2.34. The summed E-state index contributed by atoms with van der Waals surface area (Å²) in [6.45, 7) is 3.30. The zero-order chi connectivity index (χ0) is 29.8. The molecule has 1 amide bonds. The summed E-state index contributed by atoms with van der Waals surface area (Å²) in [4.78, 5) is 32.9. The monoisotopic (exact) mass is 601 g/mol. The number of rotatable bonds is 5. The Bertz CT molecular complexity index is 1760. The molecule has 4 heterocycles. The summed E-state index contributed by atoms with van der Waals surface area (Å²) < 4.78 is 46.3. The van der Waals surface area contributed by atoms with Crippen LogP contribution in [-0.2, 0) is 22.9 Å². The molecular weight excluding hydrogens is 575 g/mol. The SMILES string of the molecule is COc1cc(-n2nc3c(=O)c4c(n(CC(=O)Nc5ccc(C(F)(F)F)cc5Cl)c3n2)C(C)CC42CCNCC2)ccn1. The molecule has 2 aliphatic rings. The van der Waals surface area contributed by atoms with Crippen molar-refractivity contribution in [1.29, 1.82) is 0 Å². The highest BCUT2D eigenvalue weighted by molar-refractivity contribution is 6.33. The number of piperidine rings is 1. The van der Waals surface area contributed by atoms with Gasteiger partial charge in [0.15, 0.2) is 11.2 Å². The maximum atomic E-state index is 14.1. The highest BCUT2D eigenvalue weighted by Gasteiger charge is 2.47. The number of hydrogen-bond donors (Lipinski definition) is 2. The number of ether oxygens (including phenoxy) is 1. The Hall–Kier alpha value is -3.97. The van der Waals surface area contributed by atoms with Crippen LogP contribution in [0.25, 0.3) is 16.9 Å². The molecule has 4 aromatic rings. The van der Waals surface area contributed by atoms with Crippen LogP contribution >= 0.6 is 11.6 Å². The Balaban J connectivity index is 1.46. The maximum Gasteiger partial charge on any atom is 0.416 e. The molecule has 14 heteroatoms. The predicted octanol–water partition coefficient (Wildman–Crippen LogP) is 4.43. The second-order valence-electron chi connectivity index (χ2n) is 10.8. The smallest absolute Gasteiger partial charge is 0.416 e. The first kappa shape index (κ1) is 28.2. The molecule has 1 unspecified atom stereocenters. The van der Waals surface area contributed by atoms with Gasteiger partial charge in [0, 0.05) is 28.9 Å². The van der Waals surface area contributed by atoms with E-state index >= 15 is 0 Å². The lowest BCUT2D eigenvalue weighted by Crippen LogP contribution is -2.41. The van der Waals surface area contributed by atoms with Crippen LogP contribution in [0.15, 0.2) is 41.3 Å². The molecule has 220 valence electrons. The first-order chi connectivity index (χ1) is 20.0. The number of aromatic nitrogens is 5. The molecule has 2 N–H and O–H groups in total. The Kier molecular flexibility index (Phi) is 6.97. The van der Waals surface area contributed by atoms with Crippen LogP contribution in [0.3, 0.4) is 0 Å². The van der Waals surface area contributed by atoms with Crippen molar-refractivity contribution in [3.63, 3.8) is 0 Å². The molecule has 1 aromatic carbocycles. The number of alkyl halides is 3. The number of carbonyl (C=O) groups excluding carboxylic acids is 1. The highest BCUT2D eigenvalue weighted by Crippen LogP contribution is 2.50. The Labute approximate surface area is 242 Å². The molecule has 6 rings (SSSR count). The number of carbonyl (C=O) groups is 1. The second-order valence-corrected chi connectivity index (χ2v) is 11.2. The van der Waals surface area contributed by atoms with Gasteiger partial charge in [0.2, 0.25) is 17.2 Å². The summed E-state index contributed by atoms with van der Waals surface area (Å²) in [7, 11) is 1.48. The zero-order valence-corrected chi connectivity index (χ0v) is 23.5. The van der Waals surface area contributed by atoms with Crippen molar-refractivity contribution < 1.29 is 22.7 Å². The summed E-state index contributed by atoms with van der Waals surface area (Å²) in [5.74, 6) is -0.257. The van der Waals surface area contributed by atoms with Gasteiger partial charge in [-0.25, -0.2) is 4.98 Å². The molecule has 1 atom stereocenters. The van der Waals surface area contributed by atoms with Crippen molar-refractivity contribution >= 4 is 34.4 Å². The van der Waals surface area contributed by atoms with Gasteiger partial charge < -0.3 is 19.9 Å². The lowest BCUT2D eigenvalue weighted by molar-refractivity contribution is -0.137. The molecule has 1 aliphatic carbocycles. The minimum absolute atomic E-state index is 0.0407. The van der Waals surface area contributed by atoms with Crippen LogP contribution in [0.4, 0.5) is 18.9 Å².